The predicted octanol–water partition coefficient (Wildman–Crippen LogP) is 3.52. The van der Waals surface area contributed by atoms with Gasteiger partial charge < -0.3 is 9.84 Å². The molecule has 2 aromatic carbocycles. The van der Waals surface area contributed by atoms with Crippen molar-refractivity contribution in [1.29, 1.82) is 0 Å². The second-order valence-electron chi connectivity index (χ2n) is 3.99. The third kappa shape index (κ3) is 2.58. The smallest absolute Gasteiger partial charge is 0.201 e. The van der Waals surface area contributed by atoms with E-state index in [0.29, 0.717) is 11.1 Å². The highest BCUT2D eigenvalue weighted by Gasteiger charge is 2.17. The third-order valence-electron chi connectivity index (χ3n) is 2.82. The minimum Gasteiger partial charge on any atom is -0.491 e. The first-order chi connectivity index (χ1) is 9.19. The number of benzene rings is 2. The molecule has 1 N–H and O–H groups in total. The van der Waals surface area contributed by atoms with E-state index in [-0.39, 0.29) is 24.5 Å². The molecule has 0 aliphatic heterocycles. The molecule has 2 nitrogen and oxygen atoms in total. The van der Waals surface area contributed by atoms with E-state index >= 15 is 0 Å². The van der Waals surface area contributed by atoms with Crippen LogP contribution in [0.5, 0.6) is 5.75 Å². The maximum Gasteiger partial charge on any atom is 0.201 e. The van der Waals surface area contributed by atoms with Gasteiger partial charge in [-0.1, -0.05) is 24.3 Å². The molecule has 0 atom stereocenters. The molecular weight excluding hydrogens is 250 g/mol. The highest BCUT2D eigenvalue weighted by atomic mass is 19.2. The first-order valence-corrected chi connectivity index (χ1v) is 5.99. The lowest BCUT2D eigenvalue weighted by Crippen LogP contribution is -1.99. The second-order valence-corrected chi connectivity index (χ2v) is 3.99. The van der Waals surface area contributed by atoms with Gasteiger partial charge in [0.1, 0.15) is 0 Å². The number of hydrogen-bond donors (Lipinski definition) is 1. The van der Waals surface area contributed by atoms with Crippen LogP contribution >= 0.6 is 0 Å². The van der Waals surface area contributed by atoms with Crippen molar-refractivity contribution in [3.63, 3.8) is 0 Å². The molecule has 19 heavy (non-hydrogen) atoms. The number of halogens is 2. The summed E-state index contributed by atoms with van der Waals surface area (Å²) in [7, 11) is 0. The number of hydrogen-bond acceptors (Lipinski definition) is 2. The fourth-order valence-corrected chi connectivity index (χ4v) is 1.93. The van der Waals surface area contributed by atoms with Gasteiger partial charge in [0.25, 0.3) is 0 Å². The molecule has 0 saturated carbocycles. The molecule has 0 spiro atoms. The largest absolute Gasteiger partial charge is 0.491 e. The Hall–Kier alpha value is -1.94. The van der Waals surface area contributed by atoms with Crippen LogP contribution in [0, 0.1) is 11.6 Å². The Balaban J connectivity index is 2.54. The van der Waals surface area contributed by atoms with Crippen LogP contribution in [-0.4, -0.2) is 11.7 Å². The standard InChI is InChI=1S/C15H14F2O2/c1-2-19-13-8-7-12(14(16)15(13)17)11-6-4-3-5-10(11)9-18/h3-8,18H,2,9H2,1H3. The summed E-state index contributed by atoms with van der Waals surface area (Å²) in [5.74, 6) is -2.08. The van der Waals surface area contributed by atoms with E-state index in [1.165, 1.54) is 12.1 Å². The van der Waals surface area contributed by atoms with Gasteiger partial charge in [-0.2, -0.15) is 4.39 Å². The molecule has 0 fully saturated rings. The van der Waals surface area contributed by atoms with E-state index in [1.807, 2.05) is 0 Å². The summed E-state index contributed by atoms with van der Waals surface area (Å²) in [5.41, 5.74) is 1.14. The maximum atomic E-state index is 14.1. The highest BCUT2D eigenvalue weighted by Crippen LogP contribution is 2.31. The molecule has 0 amide bonds. The van der Waals surface area contributed by atoms with Crippen molar-refractivity contribution in [3.8, 4) is 16.9 Å². The van der Waals surface area contributed by atoms with Crippen LogP contribution in [0.3, 0.4) is 0 Å². The number of aliphatic hydroxyl groups is 1. The zero-order chi connectivity index (χ0) is 13.8. The van der Waals surface area contributed by atoms with E-state index in [2.05, 4.69) is 0 Å². The summed E-state index contributed by atoms with van der Waals surface area (Å²) in [4.78, 5) is 0. The van der Waals surface area contributed by atoms with Crippen LogP contribution in [0.25, 0.3) is 11.1 Å². The quantitative estimate of drug-likeness (QED) is 0.915. The van der Waals surface area contributed by atoms with Crippen LogP contribution in [0.1, 0.15) is 12.5 Å². The first kappa shape index (κ1) is 13.5. The molecule has 0 aliphatic carbocycles. The van der Waals surface area contributed by atoms with Crippen LogP contribution < -0.4 is 4.74 Å². The zero-order valence-electron chi connectivity index (χ0n) is 10.5. The molecule has 0 heterocycles. The van der Waals surface area contributed by atoms with Crippen molar-refractivity contribution in [2.75, 3.05) is 6.61 Å². The van der Waals surface area contributed by atoms with Crippen LogP contribution in [-0.2, 0) is 6.61 Å². The van der Waals surface area contributed by atoms with Crippen molar-refractivity contribution >= 4 is 0 Å². The molecule has 4 heteroatoms. The van der Waals surface area contributed by atoms with Crippen LogP contribution in [0.15, 0.2) is 36.4 Å². The minimum absolute atomic E-state index is 0.106. The lowest BCUT2D eigenvalue weighted by Gasteiger charge is -2.11. The van der Waals surface area contributed by atoms with Crippen molar-refractivity contribution in [3.05, 3.63) is 53.6 Å². The molecule has 100 valence electrons. The van der Waals surface area contributed by atoms with Crippen molar-refractivity contribution < 1.29 is 18.6 Å². The topological polar surface area (TPSA) is 29.5 Å². The van der Waals surface area contributed by atoms with Crippen molar-refractivity contribution in [2.24, 2.45) is 0 Å². The molecule has 0 radical (unpaired) electrons. The lowest BCUT2D eigenvalue weighted by atomic mass is 9.99. The Labute approximate surface area is 110 Å². The average molecular weight is 264 g/mol. The molecule has 0 aromatic heterocycles. The molecule has 2 aromatic rings. The molecule has 0 saturated heterocycles. The summed E-state index contributed by atoms with van der Waals surface area (Å²) < 4.78 is 32.9. The summed E-state index contributed by atoms with van der Waals surface area (Å²) in [6.45, 7) is 1.74. The SMILES string of the molecule is CCOc1ccc(-c2ccccc2CO)c(F)c1F. The minimum atomic E-state index is -1.01. The number of aliphatic hydroxyl groups excluding tert-OH is 1. The molecule has 0 unspecified atom stereocenters. The Kier molecular flexibility index (Phi) is 4.12. The van der Waals surface area contributed by atoms with Gasteiger partial charge in [-0.15, -0.1) is 0 Å². The Bertz CT molecular complexity index is 582. The number of rotatable bonds is 4. The van der Waals surface area contributed by atoms with E-state index in [9.17, 15) is 13.9 Å². The van der Waals surface area contributed by atoms with E-state index in [4.69, 9.17) is 4.74 Å². The lowest BCUT2D eigenvalue weighted by molar-refractivity contribution is 0.282. The maximum absolute atomic E-state index is 14.1. The summed E-state index contributed by atoms with van der Waals surface area (Å²) >= 11 is 0. The van der Waals surface area contributed by atoms with Crippen molar-refractivity contribution in [1.82, 2.24) is 0 Å². The highest BCUT2D eigenvalue weighted by molar-refractivity contribution is 5.68. The summed E-state index contributed by atoms with van der Waals surface area (Å²) in [6, 6.07) is 9.61. The first-order valence-electron chi connectivity index (χ1n) is 5.99. The van der Waals surface area contributed by atoms with Gasteiger partial charge in [-0.25, -0.2) is 4.39 Å². The van der Waals surface area contributed by atoms with Gasteiger partial charge in [-0.05, 0) is 30.2 Å². The fraction of sp³-hybridized carbons (Fsp3) is 0.200. The van der Waals surface area contributed by atoms with E-state index in [0.717, 1.165) is 0 Å². The average Bonchev–Trinajstić information content (AvgIpc) is 2.44. The Morgan fingerprint density at radius 3 is 2.42 bits per heavy atom. The van der Waals surface area contributed by atoms with Gasteiger partial charge in [-0.3, -0.25) is 0 Å². The molecule has 0 aliphatic rings. The monoisotopic (exact) mass is 264 g/mol. The van der Waals surface area contributed by atoms with Gasteiger partial charge in [0, 0.05) is 5.56 Å². The van der Waals surface area contributed by atoms with E-state index in [1.54, 1.807) is 31.2 Å². The van der Waals surface area contributed by atoms with Gasteiger partial charge in [0.05, 0.1) is 13.2 Å². The summed E-state index contributed by atoms with van der Waals surface area (Å²) in [6.07, 6.45) is 0. The fourth-order valence-electron chi connectivity index (χ4n) is 1.93. The number of ether oxygens (including phenoxy) is 1. The van der Waals surface area contributed by atoms with Gasteiger partial charge in [0.2, 0.25) is 5.82 Å². The molecule has 2 rings (SSSR count). The Morgan fingerprint density at radius 2 is 1.74 bits per heavy atom. The van der Waals surface area contributed by atoms with Crippen LogP contribution in [0.2, 0.25) is 0 Å². The van der Waals surface area contributed by atoms with Gasteiger partial charge in [0.15, 0.2) is 11.6 Å². The molecule has 0 bridgehead atoms. The normalized spacial score (nSPS) is 10.5. The van der Waals surface area contributed by atoms with Gasteiger partial charge >= 0.3 is 0 Å². The van der Waals surface area contributed by atoms with Crippen LogP contribution in [0.4, 0.5) is 8.78 Å². The Morgan fingerprint density at radius 1 is 1.00 bits per heavy atom. The predicted molar refractivity (Wildman–Crippen MR) is 68.9 cm³/mol. The van der Waals surface area contributed by atoms with E-state index < -0.39 is 11.6 Å². The second kappa shape index (κ2) is 5.80. The molecular formula is C15H14F2O2. The zero-order valence-corrected chi connectivity index (χ0v) is 10.5. The third-order valence-corrected chi connectivity index (χ3v) is 2.82. The summed E-state index contributed by atoms with van der Waals surface area (Å²) in [5, 5.41) is 9.24. The van der Waals surface area contributed by atoms with Crippen molar-refractivity contribution in [2.45, 2.75) is 13.5 Å².